The summed E-state index contributed by atoms with van der Waals surface area (Å²) in [5, 5.41) is 0. The lowest BCUT2D eigenvalue weighted by molar-refractivity contribution is 0.130. The van der Waals surface area contributed by atoms with Crippen LogP contribution in [0.4, 0.5) is 4.79 Å². The molecule has 2 heterocycles. The van der Waals surface area contributed by atoms with Gasteiger partial charge in [-0.2, -0.15) is 0 Å². The van der Waals surface area contributed by atoms with Crippen molar-refractivity contribution in [1.29, 1.82) is 0 Å². The van der Waals surface area contributed by atoms with Crippen LogP contribution in [0.15, 0.2) is 24.5 Å². The fourth-order valence-corrected chi connectivity index (χ4v) is 1.91. The lowest BCUT2D eigenvalue weighted by Gasteiger charge is -2.18. The minimum atomic E-state index is -0.237. The highest BCUT2D eigenvalue weighted by Crippen LogP contribution is 2.31. The number of aromatic nitrogens is 1. The molecule has 0 bridgehead atoms. The molecule has 15 heavy (non-hydrogen) atoms. The largest absolute Gasteiger partial charge is 0.439 e. The fraction of sp³-hybridized carbons (Fsp3) is 0.455. The number of pyridine rings is 1. The summed E-state index contributed by atoms with van der Waals surface area (Å²) < 4.78 is 5.31. The molecule has 0 saturated carbocycles. The Hall–Kier alpha value is -1.58. The van der Waals surface area contributed by atoms with Crippen LogP contribution < -0.4 is 0 Å². The van der Waals surface area contributed by atoms with Gasteiger partial charge in [-0.3, -0.25) is 4.98 Å². The molecule has 0 unspecified atom stereocenters. The highest BCUT2D eigenvalue weighted by molar-refractivity contribution is 5.70. The van der Waals surface area contributed by atoms with Crippen LogP contribution in [0.2, 0.25) is 0 Å². The molecule has 1 aromatic heterocycles. The third-order valence-electron chi connectivity index (χ3n) is 2.75. The quantitative estimate of drug-likeness (QED) is 0.743. The van der Waals surface area contributed by atoms with Crippen LogP contribution in [-0.4, -0.2) is 28.6 Å². The van der Waals surface area contributed by atoms with Crippen molar-refractivity contribution in [1.82, 2.24) is 9.88 Å². The fourth-order valence-electron chi connectivity index (χ4n) is 1.91. The molecule has 80 valence electrons. The van der Waals surface area contributed by atoms with Crippen molar-refractivity contribution < 1.29 is 9.53 Å². The summed E-state index contributed by atoms with van der Waals surface area (Å²) in [6.07, 6.45) is 3.03. The van der Waals surface area contributed by atoms with Gasteiger partial charge in [-0.25, -0.2) is 4.79 Å². The average molecular weight is 206 g/mol. The van der Waals surface area contributed by atoms with Crippen LogP contribution in [0, 0.1) is 0 Å². The molecule has 4 heteroatoms. The first kappa shape index (κ1) is 9.96. The highest BCUT2D eigenvalue weighted by atomic mass is 16.6. The number of amides is 1. The molecule has 1 aliphatic heterocycles. The molecule has 2 rings (SSSR count). The molecule has 0 N–H and O–H groups in total. The maximum atomic E-state index is 11.5. The monoisotopic (exact) mass is 206 g/mol. The number of rotatable bonds is 2. The Kier molecular flexibility index (Phi) is 2.58. The number of carbonyl (C=O) groups excluding carboxylic acids is 1. The average Bonchev–Trinajstić information content (AvgIpc) is 2.55. The normalized spacial score (nSPS) is 25.5. The molecular formula is C11H14N2O2. The Morgan fingerprint density at radius 1 is 1.60 bits per heavy atom. The van der Waals surface area contributed by atoms with Gasteiger partial charge in [0, 0.05) is 24.5 Å². The summed E-state index contributed by atoms with van der Waals surface area (Å²) >= 11 is 0. The second-order valence-electron chi connectivity index (χ2n) is 3.62. The highest BCUT2D eigenvalue weighted by Gasteiger charge is 2.38. The van der Waals surface area contributed by atoms with Gasteiger partial charge in [0.05, 0.1) is 6.04 Å². The molecule has 2 atom stereocenters. The molecule has 0 aliphatic carbocycles. The standard InChI is InChI=1S/C11H14N2O2/c1-3-13-8(2)10(15-11(13)14)9-5-4-6-12-7-9/h4-8,10H,3H2,1-2H3/t8-,10+/m1/s1. The van der Waals surface area contributed by atoms with Crippen molar-refractivity contribution in [2.45, 2.75) is 26.0 Å². The summed E-state index contributed by atoms with van der Waals surface area (Å²) in [4.78, 5) is 17.2. The SMILES string of the molecule is CCN1C(=O)O[C@H](c2cccnc2)[C@H]1C. The van der Waals surface area contributed by atoms with Gasteiger partial charge in [0.2, 0.25) is 0 Å². The Labute approximate surface area is 88.9 Å². The zero-order valence-electron chi connectivity index (χ0n) is 8.88. The number of hydrogen-bond acceptors (Lipinski definition) is 3. The lowest BCUT2D eigenvalue weighted by Crippen LogP contribution is -2.31. The van der Waals surface area contributed by atoms with E-state index in [2.05, 4.69) is 4.98 Å². The first-order chi connectivity index (χ1) is 7.24. The number of cyclic esters (lactones) is 1. The molecule has 1 amide bonds. The van der Waals surface area contributed by atoms with Gasteiger partial charge < -0.3 is 9.64 Å². The summed E-state index contributed by atoms with van der Waals surface area (Å²) in [7, 11) is 0. The van der Waals surface area contributed by atoms with E-state index in [9.17, 15) is 4.79 Å². The maximum Gasteiger partial charge on any atom is 0.410 e. The molecule has 0 spiro atoms. The summed E-state index contributed by atoms with van der Waals surface area (Å²) in [6, 6.07) is 3.86. The van der Waals surface area contributed by atoms with Gasteiger partial charge in [-0.15, -0.1) is 0 Å². The van der Waals surface area contributed by atoms with E-state index in [-0.39, 0.29) is 18.2 Å². The van der Waals surface area contributed by atoms with Gasteiger partial charge in [0.25, 0.3) is 0 Å². The topological polar surface area (TPSA) is 42.4 Å². The van der Waals surface area contributed by atoms with Crippen LogP contribution in [-0.2, 0) is 4.74 Å². The maximum absolute atomic E-state index is 11.5. The molecular weight excluding hydrogens is 192 g/mol. The van der Waals surface area contributed by atoms with Gasteiger partial charge in [0.1, 0.15) is 0 Å². The first-order valence-corrected chi connectivity index (χ1v) is 5.11. The Morgan fingerprint density at radius 3 is 2.93 bits per heavy atom. The smallest absolute Gasteiger partial charge is 0.410 e. The van der Waals surface area contributed by atoms with E-state index < -0.39 is 0 Å². The molecule has 4 nitrogen and oxygen atoms in total. The Balaban J connectivity index is 2.23. The number of carbonyl (C=O) groups is 1. The number of ether oxygens (including phenoxy) is 1. The Bertz CT molecular complexity index is 353. The van der Waals surface area contributed by atoms with E-state index in [1.165, 1.54) is 0 Å². The van der Waals surface area contributed by atoms with Crippen LogP contribution in [0.5, 0.6) is 0 Å². The molecule has 0 radical (unpaired) electrons. The number of hydrogen-bond donors (Lipinski definition) is 0. The minimum absolute atomic E-state index is 0.0756. The molecule has 1 fully saturated rings. The zero-order valence-corrected chi connectivity index (χ0v) is 8.88. The second-order valence-corrected chi connectivity index (χ2v) is 3.62. The molecule has 1 saturated heterocycles. The van der Waals surface area contributed by atoms with E-state index in [1.807, 2.05) is 26.0 Å². The van der Waals surface area contributed by atoms with Gasteiger partial charge in [-0.1, -0.05) is 6.07 Å². The predicted octanol–water partition coefficient (Wildman–Crippen LogP) is 1.98. The van der Waals surface area contributed by atoms with Crippen LogP contribution >= 0.6 is 0 Å². The van der Waals surface area contributed by atoms with E-state index in [0.717, 1.165) is 5.56 Å². The minimum Gasteiger partial charge on any atom is -0.439 e. The number of nitrogens with zero attached hydrogens (tertiary/aromatic N) is 2. The van der Waals surface area contributed by atoms with E-state index in [0.29, 0.717) is 6.54 Å². The van der Waals surface area contributed by atoms with Crippen LogP contribution in [0.1, 0.15) is 25.5 Å². The summed E-state index contributed by atoms with van der Waals surface area (Å²) in [5.74, 6) is 0. The van der Waals surface area contributed by atoms with E-state index >= 15 is 0 Å². The van der Waals surface area contributed by atoms with Crippen molar-refractivity contribution in [3.63, 3.8) is 0 Å². The lowest BCUT2D eigenvalue weighted by atomic mass is 10.1. The second kappa shape index (κ2) is 3.88. The Morgan fingerprint density at radius 2 is 2.40 bits per heavy atom. The van der Waals surface area contributed by atoms with Crippen molar-refractivity contribution in [2.75, 3.05) is 6.54 Å². The third kappa shape index (κ3) is 1.67. The third-order valence-corrected chi connectivity index (χ3v) is 2.75. The van der Waals surface area contributed by atoms with Crippen LogP contribution in [0.25, 0.3) is 0 Å². The van der Waals surface area contributed by atoms with E-state index in [1.54, 1.807) is 17.3 Å². The predicted molar refractivity (Wildman–Crippen MR) is 55.3 cm³/mol. The van der Waals surface area contributed by atoms with Crippen molar-refractivity contribution in [3.8, 4) is 0 Å². The summed E-state index contributed by atoms with van der Waals surface area (Å²) in [5.41, 5.74) is 0.953. The number of likely N-dealkylation sites (N-methyl/N-ethyl adjacent to an activating group) is 1. The van der Waals surface area contributed by atoms with Gasteiger partial charge in [0.15, 0.2) is 6.10 Å². The van der Waals surface area contributed by atoms with Crippen molar-refractivity contribution >= 4 is 6.09 Å². The summed E-state index contributed by atoms with van der Waals surface area (Å²) in [6.45, 7) is 4.62. The zero-order chi connectivity index (χ0) is 10.8. The molecule has 1 aliphatic rings. The van der Waals surface area contributed by atoms with Gasteiger partial charge >= 0.3 is 6.09 Å². The van der Waals surface area contributed by atoms with Crippen LogP contribution in [0.3, 0.4) is 0 Å². The molecule has 0 aromatic carbocycles. The molecule has 1 aromatic rings. The first-order valence-electron chi connectivity index (χ1n) is 5.11. The van der Waals surface area contributed by atoms with E-state index in [4.69, 9.17) is 4.74 Å². The van der Waals surface area contributed by atoms with Crippen molar-refractivity contribution in [2.24, 2.45) is 0 Å². The van der Waals surface area contributed by atoms with Gasteiger partial charge in [-0.05, 0) is 19.9 Å². The van der Waals surface area contributed by atoms with Crippen molar-refractivity contribution in [3.05, 3.63) is 30.1 Å².